The monoisotopic (exact) mass is 206 g/mol. The first kappa shape index (κ1) is 7.79. The summed E-state index contributed by atoms with van der Waals surface area (Å²) in [6.07, 6.45) is 0.964. The Bertz CT molecular complexity index is 194. The van der Waals surface area contributed by atoms with Gasteiger partial charge in [0.25, 0.3) is 0 Å². The Balaban J connectivity index is 3.01. The van der Waals surface area contributed by atoms with Crippen molar-refractivity contribution in [1.29, 1.82) is 0 Å². The van der Waals surface area contributed by atoms with E-state index in [2.05, 4.69) is 15.9 Å². The van der Waals surface area contributed by atoms with Gasteiger partial charge < -0.3 is 5.11 Å². The van der Waals surface area contributed by atoms with Gasteiger partial charge in [0.1, 0.15) is 11.6 Å². The molecule has 0 aromatic rings. The fraction of sp³-hybridized carbons (Fsp3) is 0.429. The van der Waals surface area contributed by atoms with Gasteiger partial charge in [0.2, 0.25) is 0 Å². The normalized spacial score (nSPS) is 20.3. The van der Waals surface area contributed by atoms with Crippen LogP contribution in [-0.2, 0) is 0 Å². The zero-order valence-corrected chi connectivity index (χ0v) is 7.20. The summed E-state index contributed by atoms with van der Waals surface area (Å²) in [5, 5.41) is 9.15. The topological polar surface area (TPSA) is 20.2 Å². The lowest BCUT2D eigenvalue weighted by atomic mass is 10.1. The standard InChI is InChI=1S/C7H8BrFO/c1-4-6(9)3-2-5(8)7(4)10/h10H,2-3H2,1H3. The molecule has 3 heteroatoms. The third kappa shape index (κ3) is 1.24. The highest BCUT2D eigenvalue weighted by atomic mass is 79.9. The summed E-state index contributed by atoms with van der Waals surface area (Å²) in [5.41, 5.74) is 0.359. The number of allylic oxidation sites excluding steroid dienone is 3. The van der Waals surface area contributed by atoms with Crippen LogP contribution < -0.4 is 0 Å². The van der Waals surface area contributed by atoms with E-state index >= 15 is 0 Å². The van der Waals surface area contributed by atoms with E-state index in [0.29, 0.717) is 22.9 Å². The SMILES string of the molecule is CC1=C(F)CCC(Br)=C1O. The first-order chi connectivity index (χ1) is 4.63. The summed E-state index contributed by atoms with van der Waals surface area (Å²) >= 11 is 3.15. The molecule has 0 aromatic carbocycles. The maximum atomic E-state index is 12.7. The second-order valence-corrected chi connectivity index (χ2v) is 3.24. The minimum absolute atomic E-state index is 0.0590. The van der Waals surface area contributed by atoms with E-state index in [-0.39, 0.29) is 11.6 Å². The third-order valence-electron chi connectivity index (χ3n) is 1.58. The van der Waals surface area contributed by atoms with Crippen LogP contribution in [-0.4, -0.2) is 5.11 Å². The maximum absolute atomic E-state index is 12.7. The van der Waals surface area contributed by atoms with Crippen molar-refractivity contribution >= 4 is 15.9 Å². The molecule has 0 saturated carbocycles. The second-order valence-electron chi connectivity index (χ2n) is 2.28. The molecule has 1 nitrogen and oxygen atoms in total. The molecule has 0 radical (unpaired) electrons. The van der Waals surface area contributed by atoms with E-state index in [1.807, 2.05) is 0 Å². The van der Waals surface area contributed by atoms with E-state index in [4.69, 9.17) is 5.11 Å². The average Bonchev–Trinajstić information content (AvgIpc) is 1.93. The fourth-order valence-electron chi connectivity index (χ4n) is 0.857. The molecule has 0 heterocycles. The Hall–Kier alpha value is -0.310. The van der Waals surface area contributed by atoms with Crippen LogP contribution in [0.2, 0.25) is 0 Å². The van der Waals surface area contributed by atoms with Crippen molar-refractivity contribution < 1.29 is 9.50 Å². The lowest BCUT2D eigenvalue weighted by molar-refractivity contribution is 0.403. The number of hydrogen-bond acceptors (Lipinski definition) is 1. The van der Waals surface area contributed by atoms with E-state index in [1.54, 1.807) is 6.92 Å². The zero-order chi connectivity index (χ0) is 7.72. The molecule has 0 amide bonds. The van der Waals surface area contributed by atoms with E-state index < -0.39 is 0 Å². The van der Waals surface area contributed by atoms with Crippen LogP contribution in [0.4, 0.5) is 4.39 Å². The molecular formula is C7H8BrFO. The summed E-state index contributed by atoms with van der Waals surface area (Å²) in [6, 6.07) is 0. The van der Waals surface area contributed by atoms with E-state index in [9.17, 15) is 4.39 Å². The van der Waals surface area contributed by atoms with Gasteiger partial charge in [-0.25, -0.2) is 4.39 Å². The van der Waals surface area contributed by atoms with Crippen LogP contribution in [0.3, 0.4) is 0 Å². The van der Waals surface area contributed by atoms with Gasteiger partial charge >= 0.3 is 0 Å². The quantitative estimate of drug-likeness (QED) is 0.646. The van der Waals surface area contributed by atoms with Crippen molar-refractivity contribution in [2.45, 2.75) is 19.8 Å². The van der Waals surface area contributed by atoms with Gasteiger partial charge in [0, 0.05) is 16.5 Å². The molecule has 1 N–H and O–H groups in total. The summed E-state index contributed by atoms with van der Waals surface area (Å²) in [5.74, 6) is -0.149. The highest BCUT2D eigenvalue weighted by Gasteiger charge is 2.15. The fourth-order valence-corrected chi connectivity index (χ4v) is 1.35. The molecule has 0 fully saturated rings. The molecule has 1 rings (SSSR count). The summed E-state index contributed by atoms with van der Waals surface area (Å²) in [7, 11) is 0. The predicted molar refractivity (Wildman–Crippen MR) is 41.6 cm³/mol. The minimum Gasteiger partial charge on any atom is -0.507 e. The van der Waals surface area contributed by atoms with Crippen molar-refractivity contribution in [2.75, 3.05) is 0 Å². The van der Waals surface area contributed by atoms with Crippen LogP contribution in [0, 0.1) is 0 Å². The van der Waals surface area contributed by atoms with Crippen LogP contribution in [0.25, 0.3) is 0 Å². The number of halogens is 2. The van der Waals surface area contributed by atoms with E-state index in [0.717, 1.165) is 0 Å². The molecule has 56 valence electrons. The molecule has 0 saturated heterocycles. The van der Waals surface area contributed by atoms with Crippen molar-refractivity contribution in [3.63, 3.8) is 0 Å². The summed E-state index contributed by atoms with van der Waals surface area (Å²) in [6.45, 7) is 1.57. The van der Waals surface area contributed by atoms with Gasteiger partial charge in [-0.15, -0.1) is 0 Å². The molecule has 0 aromatic heterocycles. The molecule has 0 unspecified atom stereocenters. The summed E-state index contributed by atoms with van der Waals surface area (Å²) < 4.78 is 13.4. The maximum Gasteiger partial charge on any atom is 0.131 e. The Kier molecular flexibility index (Phi) is 2.14. The first-order valence-corrected chi connectivity index (χ1v) is 3.85. The highest BCUT2D eigenvalue weighted by Crippen LogP contribution is 2.31. The average molecular weight is 207 g/mol. The van der Waals surface area contributed by atoms with Crippen molar-refractivity contribution in [1.82, 2.24) is 0 Å². The van der Waals surface area contributed by atoms with Crippen LogP contribution in [0.5, 0.6) is 0 Å². The largest absolute Gasteiger partial charge is 0.507 e. The van der Waals surface area contributed by atoms with Gasteiger partial charge in [-0.2, -0.15) is 0 Å². The summed E-state index contributed by atoms with van der Waals surface area (Å²) in [4.78, 5) is 0. The zero-order valence-electron chi connectivity index (χ0n) is 5.62. The third-order valence-corrected chi connectivity index (χ3v) is 2.36. The highest BCUT2D eigenvalue weighted by molar-refractivity contribution is 9.11. The van der Waals surface area contributed by atoms with Crippen molar-refractivity contribution in [3.05, 3.63) is 21.6 Å². The Labute approximate surface area is 67.4 Å². The second kappa shape index (κ2) is 2.74. The molecule has 1 aliphatic rings. The molecule has 0 atom stereocenters. The Morgan fingerprint density at radius 2 is 2.10 bits per heavy atom. The molecule has 0 bridgehead atoms. The lowest BCUT2D eigenvalue weighted by Crippen LogP contribution is -1.97. The minimum atomic E-state index is -0.208. The van der Waals surface area contributed by atoms with Gasteiger partial charge in [-0.05, 0) is 13.3 Å². The Morgan fingerprint density at radius 3 is 2.60 bits per heavy atom. The molecule has 10 heavy (non-hydrogen) atoms. The Morgan fingerprint density at radius 1 is 1.50 bits per heavy atom. The lowest BCUT2D eigenvalue weighted by Gasteiger charge is -2.11. The molecular weight excluding hydrogens is 199 g/mol. The van der Waals surface area contributed by atoms with E-state index in [1.165, 1.54) is 0 Å². The first-order valence-electron chi connectivity index (χ1n) is 3.06. The van der Waals surface area contributed by atoms with Gasteiger partial charge in [-0.3, -0.25) is 0 Å². The van der Waals surface area contributed by atoms with Crippen LogP contribution in [0.1, 0.15) is 19.8 Å². The number of aliphatic hydroxyl groups excluding tert-OH is 1. The molecule has 0 aliphatic heterocycles. The van der Waals surface area contributed by atoms with Gasteiger partial charge in [0.05, 0.1) is 0 Å². The number of aliphatic hydroxyl groups is 1. The van der Waals surface area contributed by atoms with Gasteiger partial charge in [0.15, 0.2) is 0 Å². The molecule has 0 spiro atoms. The number of rotatable bonds is 0. The van der Waals surface area contributed by atoms with Crippen molar-refractivity contribution in [3.8, 4) is 0 Å². The molecule has 1 aliphatic carbocycles. The smallest absolute Gasteiger partial charge is 0.131 e. The number of hydrogen-bond donors (Lipinski definition) is 1. The predicted octanol–water partition coefficient (Wildman–Crippen LogP) is 3.19. The van der Waals surface area contributed by atoms with Crippen molar-refractivity contribution in [2.24, 2.45) is 0 Å². The van der Waals surface area contributed by atoms with Crippen LogP contribution in [0.15, 0.2) is 21.6 Å². The van der Waals surface area contributed by atoms with Crippen LogP contribution >= 0.6 is 15.9 Å². The van der Waals surface area contributed by atoms with Gasteiger partial charge in [-0.1, -0.05) is 15.9 Å².